The van der Waals surface area contributed by atoms with Crippen molar-refractivity contribution in [2.75, 3.05) is 12.3 Å². The molecule has 26 heavy (non-hydrogen) atoms. The molecule has 1 aliphatic carbocycles. The second-order valence-corrected chi connectivity index (χ2v) is 6.31. The molecule has 0 bridgehead atoms. The monoisotopic (exact) mass is 349 g/mol. The number of aromatic nitrogens is 2. The molecule has 2 aromatic rings. The fourth-order valence-corrected chi connectivity index (χ4v) is 3.48. The van der Waals surface area contributed by atoms with Gasteiger partial charge in [0.05, 0.1) is 12.5 Å². The number of pyridine rings is 1. The molecule has 0 saturated heterocycles. The van der Waals surface area contributed by atoms with Crippen LogP contribution in [0.25, 0.3) is 11.1 Å². The molecule has 2 aromatic heterocycles. The van der Waals surface area contributed by atoms with Crippen LogP contribution in [0.4, 0.5) is 5.82 Å². The van der Waals surface area contributed by atoms with Gasteiger partial charge in [0.1, 0.15) is 29.2 Å². The van der Waals surface area contributed by atoms with Gasteiger partial charge in [0, 0.05) is 30.1 Å². The average Bonchev–Trinajstić information content (AvgIpc) is 3.00. The third-order valence-electron chi connectivity index (χ3n) is 4.73. The number of fused-ring (bicyclic) bond motifs is 1. The van der Waals surface area contributed by atoms with Crippen LogP contribution in [0.1, 0.15) is 35.9 Å². The van der Waals surface area contributed by atoms with E-state index in [1.807, 2.05) is 0 Å². The van der Waals surface area contributed by atoms with Gasteiger partial charge in [-0.1, -0.05) is 0 Å². The lowest BCUT2D eigenvalue weighted by Gasteiger charge is -2.25. The lowest BCUT2D eigenvalue weighted by Crippen LogP contribution is -2.26. The van der Waals surface area contributed by atoms with Crippen LogP contribution in [0.5, 0.6) is 0 Å². The van der Waals surface area contributed by atoms with Crippen LogP contribution in [0, 0.1) is 28.6 Å². The first-order valence-corrected chi connectivity index (χ1v) is 8.44. The van der Waals surface area contributed by atoms with Gasteiger partial charge in [-0.15, -0.1) is 0 Å². The zero-order chi connectivity index (χ0) is 18.8. The second kappa shape index (κ2) is 6.89. The van der Waals surface area contributed by atoms with Crippen molar-refractivity contribution in [3.05, 3.63) is 34.8 Å². The summed E-state index contributed by atoms with van der Waals surface area (Å²) in [6.07, 6.45) is 3.48. The molecule has 0 unspecified atom stereocenters. The molecule has 3 rings (SSSR count). The molecule has 0 aromatic carbocycles. The molecule has 7 nitrogen and oxygen atoms in total. The standard InChI is InChI=1S/C19H19N5O2/c1-3-26-19(25)11-4-5-16-14(7-11)17(15(9-21)18(22)23-16)12-6-13(8-20)24(2)10-12/h6,10-11H,3-5,7H2,1-2H3,(H2,22,23)/t11-/m1/s1. The van der Waals surface area contributed by atoms with Gasteiger partial charge < -0.3 is 15.0 Å². The average molecular weight is 349 g/mol. The molecule has 1 aliphatic rings. The van der Waals surface area contributed by atoms with Gasteiger partial charge >= 0.3 is 5.97 Å². The van der Waals surface area contributed by atoms with Crippen molar-refractivity contribution in [2.45, 2.75) is 26.2 Å². The van der Waals surface area contributed by atoms with Crippen LogP contribution >= 0.6 is 0 Å². The first-order valence-electron chi connectivity index (χ1n) is 8.44. The summed E-state index contributed by atoms with van der Waals surface area (Å²) in [5.41, 5.74) is 9.82. The smallest absolute Gasteiger partial charge is 0.309 e. The Morgan fingerprint density at radius 2 is 2.23 bits per heavy atom. The number of anilines is 1. The summed E-state index contributed by atoms with van der Waals surface area (Å²) in [6, 6.07) is 5.98. The highest BCUT2D eigenvalue weighted by atomic mass is 16.5. The SMILES string of the molecule is CCOC(=O)[C@@H]1CCc2nc(N)c(C#N)c(-c3cc(C#N)n(C)c3)c2C1. The van der Waals surface area contributed by atoms with Crippen molar-refractivity contribution >= 4 is 11.8 Å². The van der Waals surface area contributed by atoms with Crippen LogP contribution in [-0.2, 0) is 29.4 Å². The van der Waals surface area contributed by atoms with Crippen molar-refractivity contribution in [3.8, 4) is 23.3 Å². The van der Waals surface area contributed by atoms with Crippen molar-refractivity contribution in [1.82, 2.24) is 9.55 Å². The van der Waals surface area contributed by atoms with Crippen LogP contribution in [0.15, 0.2) is 12.3 Å². The van der Waals surface area contributed by atoms with Gasteiger partial charge in [0.2, 0.25) is 0 Å². The molecule has 0 fully saturated rings. The summed E-state index contributed by atoms with van der Waals surface area (Å²) < 4.78 is 6.87. The molecule has 1 atom stereocenters. The maximum Gasteiger partial charge on any atom is 0.309 e. The fourth-order valence-electron chi connectivity index (χ4n) is 3.48. The van der Waals surface area contributed by atoms with Crippen molar-refractivity contribution in [2.24, 2.45) is 13.0 Å². The fraction of sp³-hybridized carbons (Fsp3) is 0.368. The first kappa shape index (κ1) is 17.5. The van der Waals surface area contributed by atoms with E-state index < -0.39 is 0 Å². The highest BCUT2D eigenvalue weighted by Crippen LogP contribution is 2.38. The van der Waals surface area contributed by atoms with Crippen LogP contribution in [0.2, 0.25) is 0 Å². The normalized spacial score (nSPS) is 15.6. The van der Waals surface area contributed by atoms with E-state index in [4.69, 9.17) is 10.5 Å². The Morgan fingerprint density at radius 1 is 1.46 bits per heavy atom. The summed E-state index contributed by atoms with van der Waals surface area (Å²) in [7, 11) is 1.77. The van der Waals surface area contributed by atoms with Gasteiger partial charge in [-0.2, -0.15) is 10.5 Å². The molecule has 0 aliphatic heterocycles. The van der Waals surface area contributed by atoms with Gasteiger partial charge in [-0.3, -0.25) is 4.79 Å². The van der Waals surface area contributed by atoms with Crippen molar-refractivity contribution < 1.29 is 9.53 Å². The topological polar surface area (TPSA) is 118 Å². The Bertz CT molecular complexity index is 962. The maximum absolute atomic E-state index is 12.2. The third kappa shape index (κ3) is 2.89. The minimum atomic E-state index is -0.266. The highest BCUT2D eigenvalue weighted by Gasteiger charge is 2.31. The van der Waals surface area contributed by atoms with Crippen LogP contribution in [-0.4, -0.2) is 22.1 Å². The minimum absolute atomic E-state index is 0.179. The van der Waals surface area contributed by atoms with Gasteiger partial charge in [0.25, 0.3) is 0 Å². The Kier molecular flexibility index (Phi) is 4.64. The molecule has 0 amide bonds. The summed E-state index contributed by atoms with van der Waals surface area (Å²) in [5.74, 6) is -0.319. The minimum Gasteiger partial charge on any atom is -0.466 e. The quantitative estimate of drug-likeness (QED) is 0.848. The van der Waals surface area contributed by atoms with Gasteiger partial charge in [-0.25, -0.2) is 4.98 Å². The number of hydrogen-bond donors (Lipinski definition) is 1. The number of esters is 1. The van der Waals surface area contributed by atoms with E-state index in [0.29, 0.717) is 37.1 Å². The third-order valence-corrected chi connectivity index (χ3v) is 4.73. The molecule has 0 spiro atoms. The molecule has 2 heterocycles. The molecule has 132 valence electrons. The largest absolute Gasteiger partial charge is 0.466 e. The van der Waals surface area contributed by atoms with Crippen LogP contribution < -0.4 is 5.73 Å². The summed E-state index contributed by atoms with van der Waals surface area (Å²) in [4.78, 5) is 16.6. The van der Waals surface area contributed by atoms with Gasteiger partial charge in [-0.05, 0) is 37.8 Å². The zero-order valence-electron chi connectivity index (χ0n) is 14.7. The number of hydrogen-bond acceptors (Lipinski definition) is 6. The number of nitrogens with zero attached hydrogens (tertiary/aromatic N) is 4. The first-order chi connectivity index (χ1) is 12.5. The van der Waals surface area contributed by atoms with Crippen LogP contribution in [0.3, 0.4) is 0 Å². The summed E-state index contributed by atoms with van der Waals surface area (Å²) in [6.45, 7) is 2.12. The lowest BCUT2D eigenvalue weighted by molar-refractivity contribution is -0.148. The Labute approximate surface area is 151 Å². The number of ether oxygens (including phenoxy) is 1. The number of nitrogens with two attached hydrogens (primary N) is 1. The molecule has 7 heteroatoms. The van der Waals surface area contributed by atoms with Gasteiger partial charge in [0.15, 0.2) is 0 Å². The number of nitriles is 2. The molecular formula is C19H19N5O2. The number of carbonyl (C=O) groups is 1. The van der Waals surface area contributed by atoms with E-state index >= 15 is 0 Å². The summed E-state index contributed by atoms with van der Waals surface area (Å²) in [5, 5.41) is 18.9. The number of rotatable bonds is 3. The van der Waals surface area contributed by atoms with E-state index in [1.54, 1.807) is 30.8 Å². The Balaban J connectivity index is 2.17. The number of aryl methyl sites for hydroxylation is 2. The predicted molar refractivity (Wildman–Crippen MR) is 94.6 cm³/mol. The predicted octanol–water partition coefficient (Wildman–Crippen LogP) is 2.08. The second-order valence-electron chi connectivity index (χ2n) is 6.31. The number of nitrogen functional groups attached to an aromatic ring is 1. The van der Waals surface area contributed by atoms with Crippen molar-refractivity contribution in [3.63, 3.8) is 0 Å². The molecular weight excluding hydrogens is 330 g/mol. The zero-order valence-corrected chi connectivity index (χ0v) is 14.7. The highest BCUT2D eigenvalue weighted by molar-refractivity contribution is 5.81. The number of carbonyl (C=O) groups excluding carboxylic acids is 1. The van der Waals surface area contributed by atoms with E-state index in [-0.39, 0.29) is 23.3 Å². The van der Waals surface area contributed by atoms with E-state index in [0.717, 1.165) is 16.8 Å². The van der Waals surface area contributed by atoms with E-state index in [1.165, 1.54) is 0 Å². The maximum atomic E-state index is 12.2. The summed E-state index contributed by atoms with van der Waals surface area (Å²) >= 11 is 0. The molecule has 2 N–H and O–H groups in total. The van der Waals surface area contributed by atoms with E-state index in [2.05, 4.69) is 17.1 Å². The molecule has 0 saturated carbocycles. The van der Waals surface area contributed by atoms with E-state index in [9.17, 15) is 15.3 Å². The van der Waals surface area contributed by atoms with Crippen molar-refractivity contribution in [1.29, 1.82) is 10.5 Å². The lowest BCUT2D eigenvalue weighted by atomic mass is 9.81. The Hall–Kier alpha value is -3.32. The Morgan fingerprint density at radius 3 is 2.85 bits per heavy atom. The molecule has 0 radical (unpaired) electrons.